The van der Waals surface area contributed by atoms with Gasteiger partial charge in [0.25, 0.3) is 17.2 Å². The van der Waals surface area contributed by atoms with Gasteiger partial charge in [0.2, 0.25) is 0 Å². The standard InChI is InChI=1S/C9H9N3O7/c13-6(9(16)17)3-11-8(15)5-1-4(12(18)19)2-10-7(5)14/h1-2,6,13H,3H2,(H,10,14)(H,11,15)(H,16,17). The Hall–Kier alpha value is -2.75. The van der Waals surface area contributed by atoms with Crippen LogP contribution in [0.4, 0.5) is 5.69 Å². The van der Waals surface area contributed by atoms with Gasteiger partial charge in [0.05, 0.1) is 17.7 Å². The fraction of sp³-hybridized carbons (Fsp3) is 0.222. The van der Waals surface area contributed by atoms with Gasteiger partial charge in [0.1, 0.15) is 5.56 Å². The highest BCUT2D eigenvalue weighted by molar-refractivity contribution is 5.94. The molecule has 1 amide bonds. The van der Waals surface area contributed by atoms with Crippen molar-refractivity contribution in [1.29, 1.82) is 0 Å². The van der Waals surface area contributed by atoms with Crippen LogP contribution >= 0.6 is 0 Å². The number of H-pyrrole nitrogens is 1. The summed E-state index contributed by atoms with van der Waals surface area (Å²) in [6.07, 6.45) is -1.01. The Labute approximate surface area is 104 Å². The molecule has 0 bridgehead atoms. The van der Waals surface area contributed by atoms with Crippen LogP contribution in [0.5, 0.6) is 0 Å². The molecule has 0 fully saturated rings. The first-order chi connectivity index (χ1) is 8.82. The molecule has 4 N–H and O–H groups in total. The van der Waals surface area contributed by atoms with Gasteiger partial charge in [-0.05, 0) is 0 Å². The van der Waals surface area contributed by atoms with Gasteiger partial charge in [-0.1, -0.05) is 0 Å². The van der Waals surface area contributed by atoms with Crippen LogP contribution in [0.2, 0.25) is 0 Å². The van der Waals surface area contributed by atoms with Gasteiger partial charge < -0.3 is 20.5 Å². The number of rotatable bonds is 5. The van der Waals surface area contributed by atoms with Gasteiger partial charge in [0.15, 0.2) is 6.10 Å². The molecular weight excluding hydrogens is 262 g/mol. The first-order valence-corrected chi connectivity index (χ1v) is 4.89. The lowest BCUT2D eigenvalue weighted by molar-refractivity contribution is -0.385. The number of hydrogen-bond donors (Lipinski definition) is 4. The molecule has 0 saturated carbocycles. The predicted molar refractivity (Wildman–Crippen MR) is 59.7 cm³/mol. The van der Waals surface area contributed by atoms with Crippen molar-refractivity contribution in [2.45, 2.75) is 6.10 Å². The van der Waals surface area contributed by atoms with Crippen LogP contribution in [-0.2, 0) is 4.79 Å². The number of amides is 1. The van der Waals surface area contributed by atoms with E-state index in [0.29, 0.717) is 0 Å². The van der Waals surface area contributed by atoms with Crippen LogP contribution in [-0.4, -0.2) is 44.6 Å². The number of carbonyl (C=O) groups excluding carboxylic acids is 1. The Morgan fingerprint density at radius 1 is 1.53 bits per heavy atom. The predicted octanol–water partition coefficient (Wildman–Crippen LogP) is -1.54. The van der Waals surface area contributed by atoms with E-state index < -0.39 is 46.3 Å². The minimum Gasteiger partial charge on any atom is -0.479 e. The molecule has 0 radical (unpaired) electrons. The second kappa shape index (κ2) is 5.73. The number of aromatic amines is 1. The highest BCUT2D eigenvalue weighted by atomic mass is 16.6. The summed E-state index contributed by atoms with van der Waals surface area (Å²) in [6, 6.07) is 0.751. The molecule has 1 aromatic rings. The molecule has 0 saturated heterocycles. The highest BCUT2D eigenvalue weighted by Crippen LogP contribution is 2.07. The first kappa shape index (κ1) is 14.3. The van der Waals surface area contributed by atoms with E-state index in [4.69, 9.17) is 10.2 Å². The van der Waals surface area contributed by atoms with E-state index in [9.17, 15) is 24.5 Å². The van der Waals surface area contributed by atoms with Gasteiger partial charge >= 0.3 is 5.97 Å². The maximum Gasteiger partial charge on any atom is 0.334 e. The maximum atomic E-state index is 11.5. The topological polar surface area (TPSA) is 163 Å². The summed E-state index contributed by atoms with van der Waals surface area (Å²) in [7, 11) is 0. The first-order valence-electron chi connectivity index (χ1n) is 4.89. The molecule has 10 heteroatoms. The molecular formula is C9H9N3O7. The molecule has 0 aliphatic rings. The van der Waals surface area contributed by atoms with Crippen molar-refractivity contribution in [2.24, 2.45) is 0 Å². The van der Waals surface area contributed by atoms with Crippen molar-refractivity contribution in [3.05, 3.63) is 38.3 Å². The van der Waals surface area contributed by atoms with E-state index in [1.165, 1.54) is 0 Å². The fourth-order valence-corrected chi connectivity index (χ4v) is 1.12. The summed E-state index contributed by atoms with van der Waals surface area (Å²) in [4.78, 5) is 44.8. The summed E-state index contributed by atoms with van der Waals surface area (Å²) >= 11 is 0. The van der Waals surface area contributed by atoms with Gasteiger partial charge in [0, 0.05) is 6.07 Å². The van der Waals surface area contributed by atoms with E-state index in [1.54, 1.807) is 0 Å². The number of hydrogen-bond acceptors (Lipinski definition) is 6. The second-order valence-corrected chi connectivity index (χ2v) is 3.42. The molecule has 1 atom stereocenters. The Morgan fingerprint density at radius 2 is 2.16 bits per heavy atom. The number of nitrogens with one attached hydrogen (secondary N) is 2. The molecule has 1 heterocycles. The molecule has 1 aromatic heterocycles. The zero-order chi connectivity index (χ0) is 14.6. The number of aliphatic hydroxyl groups is 1. The number of carboxylic acid groups (broad SMARTS) is 1. The van der Waals surface area contributed by atoms with Gasteiger partial charge in [-0.25, -0.2) is 4.79 Å². The summed E-state index contributed by atoms with van der Waals surface area (Å²) in [5.41, 5.74) is -1.91. The van der Waals surface area contributed by atoms with E-state index in [1.807, 2.05) is 10.3 Å². The van der Waals surface area contributed by atoms with E-state index >= 15 is 0 Å². The van der Waals surface area contributed by atoms with Crippen LogP contribution in [0, 0.1) is 10.1 Å². The number of pyridine rings is 1. The van der Waals surface area contributed by atoms with E-state index in [2.05, 4.69) is 0 Å². The lowest BCUT2D eigenvalue weighted by Crippen LogP contribution is -2.38. The van der Waals surface area contributed by atoms with Crippen LogP contribution in [0.1, 0.15) is 10.4 Å². The largest absolute Gasteiger partial charge is 0.479 e. The second-order valence-electron chi connectivity index (χ2n) is 3.42. The minimum absolute atomic E-state index is 0.497. The van der Waals surface area contributed by atoms with Gasteiger partial charge in [-0.3, -0.25) is 19.7 Å². The van der Waals surface area contributed by atoms with Crippen LogP contribution < -0.4 is 10.9 Å². The Morgan fingerprint density at radius 3 is 2.68 bits per heavy atom. The molecule has 0 aliphatic carbocycles. The third kappa shape index (κ3) is 3.61. The number of aromatic nitrogens is 1. The summed E-state index contributed by atoms with van der Waals surface area (Å²) < 4.78 is 0. The van der Waals surface area contributed by atoms with Gasteiger partial charge in [-0.2, -0.15) is 0 Å². The quantitative estimate of drug-likeness (QED) is 0.372. The van der Waals surface area contributed by atoms with Crippen molar-refractivity contribution in [2.75, 3.05) is 6.54 Å². The van der Waals surface area contributed by atoms with Crippen molar-refractivity contribution in [3.63, 3.8) is 0 Å². The zero-order valence-corrected chi connectivity index (χ0v) is 9.32. The van der Waals surface area contributed by atoms with Crippen molar-refractivity contribution in [1.82, 2.24) is 10.3 Å². The van der Waals surface area contributed by atoms with Gasteiger partial charge in [-0.15, -0.1) is 0 Å². The zero-order valence-electron chi connectivity index (χ0n) is 9.32. The van der Waals surface area contributed by atoms with E-state index in [0.717, 1.165) is 12.3 Å². The van der Waals surface area contributed by atoms with E-state index in [-0.39, 0.29) is 0 Å². The lowest BCUT2D eigenvalue weighted by atomic mass is 10.2. The Kier molecular flexibility index (Phi) is 4.32. The molecule has 1 rings (SSSR count). The van der Waals surface area contributed by atoms with Crippen LogP contribution in [0.3, 0.4) is 0 Å². The average molecular weight is 271 g/mol. The average Bonchev–Trinajstić information content (AvgIpc) is 2.35. The number of nitro groups is 1. The normalized spacial score (nSPS) is 11.6. The molecule has 0 aliphatic heterocycles. The number of aliphatic hydroxyl groups excluding tert-OH is 1. The summed E-state index contributed by atoms with van der Waals surface area (Å²) in [5.74, 6) is -2.57. The third-order valence-corrected chi connectivity index (χ3v) is 2.08. The Bertz CT molecular complexity index is 579. The number of aliphatic carboxylic acids is 1. The third-order valence-electron chi connectivity index (χ3n) is 2.08. The highest BCUT2D eigenvalue weighted by Gasteiger charge is 2.19. The maximum absolute atomic E-state index is 11.5. The molecule has 0 aromatic carbocycles. The van der Waals surface area contributed by atoms with Crippen LogP contribution in [0.25, 0.3) is 0 Å². The lowest BCUT2D eigenvalue weighted by Gasteiger charge is -2.07. The molecule has 19 heavy (non-hydrogen) atoms. The number of nitrogens with zero attached hydrogens (tertiary/aromatic N) is 1. The molecule has 0 spiro atoms. The number of carboxylic acids is 1. The molecule has 102 valence electrons. The fourth-order valence-electron chi connectivity index (χ4n) is 1.12. The van der Waals surface area contributed by atoms with Crippen molar-refractivity contribution < 1.29 is 24.7 Å². The minimum atomic E-state index is -1.83. The monoisotopic (exact) mass is 271 g/mol. The smallest absolute Gasteiger partial charge is 0.334 e. The van der Waals surface area contributed by atoms with Crippen molar-refractivity contribution in [3.8, 4) is 0 Å². The summed E-state index contributed by atoms with van der Waals surface area (Å²) in [5, 5.41) is 29.8. The Balaban J connectivity index is 2.88. The molecule has 10 nitrogen and oxygen atoms in total. The van der Waals surface area contributed by atoms with Crippen molar-refractivity contribution >= 4 is 17.6 Å². The summed E-state index contributed by atoms with van der Waals surface area (Å²) in [6.45, 7) is -0.629. The molecule has 1 unspecified atom stereocenters. The number of carbonyl (C=O) groups is 2. The van der Waals surface area contributed by atoms with Crippen LogP contribution in [0.15, 0.2) is 17.1 Å². The SMILES string of the molecule is O=C(NCC(O)C(=O)O)c1cc([N+](=O)[O-])c[nH]c1=O.